The second-order valence-electron chi connectivity index (χ2n) is 4.62. The summed E-state index contributed by atoms with van der Waals surface area (Å²) in [4.78, 5) is 11.0. The van der Waals surface area contributed by atoms with Gasteiger partial charge in [0, 0.05) is 4.47 Å². The first-order valence-electron chi connectivity index (χ1n) is 6.72. The van der Waals surface area contributed by atoms with Crippen LogP contribution >= 0.6 is 15.9 Å². The quantitative estimate of drug-likeness (QED) is 0.750. The standard InChI is InChI=1S/C15H13BrFNO5S/c1-2-23-13-6-3-9(16)7-14(13)24(21,22)18-12-5-4-10(17)8-11(12)15(19)20/h3-8,18H,2H2,1H3,(H,19,20). The Kier molecular flexibility index (Phi) is 5.45. The van der Waals surface area contributed by atoms with E-state index in [1.165, 1.54) is 12.1 Å². The highest BCUT2D eigenvalue weighted by molar-refractivity contribution is 9.10. The number of benzene rings is 2. The van der Waals surface area contributed by atoms with Gasteiger partial charge in [-0.05, 0) is 43.3 Å². The molecule has 0 spiro atoms. The molecule has 0 aromatic heterocycles. The van der Waals surface area contributed by atoms with Crippen molar-refractivity contribution in [1.29, 1.82) is 0 Å². The summed E-state index contributed by atoms with van der Waals surface area (Å²) >= 11 is 3.18. The molecule has 24 heavy (non-hydrogen) atoms. The second kappa shape index (κ2) is 7.18. The van der Waals surface area contributed by atoms with Gasteiger partial charge in [0.2, 0.25) is 0 Å². The third-order valence-corrected chi connectivity index (χ3v) is 4.83. The molecule has 0 bridgehead atoms. The van der Waals surface area contributed by atoms with Crippen LogP contribution in [-0.4, -0.2) is 26.1 Å². The van der Waals surface area contributed by atoms with Gasteiger partial charge in [-0.3, -0.25) is 4.72 Å². The van der Waals surface area contributed by atoms with E-state index in [2.05, 4.69) is 20.7 Å². The molecule has 2 N–H and O–H groups in total. The molecule has 0 atom stereocenters. The van der Waals surface area contributed by atoms with Crippen LogP contribution in [0.5, 0.6) is 5.75 Å². The number of rotatable bonds is 6. The Balaban J connectivity index is 2.50. The van der Waals surface area contributed by atoms with Gasteiger partial charge >= 0.3 is 5.97 Å². The van der Waals surface area contributed by atoms with Gasteiger partial charge in [-0.15, -0.1) is 0 Å². The first-order valence-corrected chi connectivity index (χ1v) is 9.00. The number of halogens is 2. The number of hydrogen-bond acceptors (Lipinski definition) is 4. The lowest BCUT2D eigenvalue weighted by Gasteiger charge is -2.14. The van der Waals surface area contributed by atoms with Crippen molar-refractivity contribution in [3.05, 3.63) is 52.3 Å². The van der Waals surface area contributed by atoms with Crippen molar-refractivity contribution in [2.45, 2.75) is 11.8 Å². The minimum absolute atomic E-state index is 0.118. The molecule has 0 aliphatic heterocycles. The van der Waals surface area contributed by atoms with Crippen LogP contribution in [-0.2, 0) is 10.0 Å². The molecule has 0 unspecified atom stereocenters. The zero-order chi connectivity index (χ0) is 17.9. The molecule has 0 radical (unpaired) electrons. The zero-order valence-corrected chi connectivity index (χ0v) is 14.8. The zero-order valence-electron chi connectivity index (χ0n) is 12.4. The molecule has 0 fully saturated rings. The molecule has 2 aromatic rings. The first-order chi connectivity index (χ1) is 11.2. The first kappa shape index (κ1) is 18.2. The molecule has 0 aliphatic carbocycles. The topological polar surface area (TPSA) is 92.7 Å². The largest absolute Gasteiger partial charge is 0.492 e. The molecule has 2 aromatic carbocycles. The van der Waals surface area contributed by atoms with Crippen molar-refractivity contribution >= 4 is 37.6 Å². The summed E-state index contributed by atoms with van der Waals surface area (Å²) < 4.78 is 46.4. The minimum Gasteiger partial charge on any atom is -0.492 e. The van der Waals surface area contributed by atoms with E-state index in [0.717, 1.165) is 18.2 Å². The summed E-state index contributed by atoms with van der Waals surface area (Å²) in [5.74, 6) is -2.12. The Morgan fingerprint density at radius 3 is 2.62 bits per heavy atom. The van der Waals surface area contributed by atoms with Crippen molar-refractivity contribution < 1.29 is 27.4 Å². The molecule has 9 heteroatoms. The van der Waals surface area contributed by atoms with Crippen molar-refractivity contribution in [3.63, 3.8) is 0 Å². The van der Waals surface area contributed by atoms with Crippen LogP contribution in [0.1, 0.15) is 17.3 Å². The highest BCUT2D eigenvalue weighted by Crippen LogP contribution is 2.30. The fraction of sp³-hybridized carbons (Fsp3) is 0.133. The van der Waals surface area contributed by atoms with Crippen LogP contribution in [0.3, 0.4) is 0 Å². The van der Waals surface area contributed by atoms with Crippen LogP contribution < -0.4 is 9.46 Å². The van der Waals surface area contributed by atoms with Crippen molar-refractivity contribution in [3.8, 4) is 5.75 Å². The molecule has 2 rings (SSSR count). The highest BCUT2D eigenvalue weighted by Gasteiger charge is 2.23. The molecular formula is C15H13BrFNO5S. The number of carboxylic acids is 1. The summed E-state index contributed by atoms with van der Waals surface area (Å²) in [7, 11) is -4.15. The Morgan fingerprint density at radius 2 is 2.00 bits per heavy atom. The number of carboxylic acid groups (broad SMARTS) is 1. The van der Waals surface area contributed by atoms with Gasteiger partial charge in [0.05, 0.1) is 17.9 Å². The van der Waals surface area contributed by atoms with Crippen LogP contribution in [0.2, 0.25) is 0 Å². The predicted molar refractivity (Wildman–Crippen MR) is 89.5 cm³/mol. The molecular weight excluding hydrogens is 405 g/mol. The lowest BCUT2D eigenvalue weighted by Crippen LogP contribution is -2.17. The van der Waals surface area contributed by atoms with Crippen LogP contribution in [0.4, 0.5) is 10.1 Å². The molecule has 0 heterocycles. The maximum atomic E-state index is 13.2. The number of nitrogens with one attached hydrogen (secondary N) is 1. The lowest BCUT2D eigenvalue weighted by atomic mass is 10.2. The van der Waals surface area contributed by atoms with E-state index in [1.807, 2.05) is 0 Å². The van der Waals surface area contributed by atoms with E-state index in [0.29, 0.717) is 4.47 Å². The Bertz CT molecular complexity index is 885. The van der Waals surface area contributed by atoms with E-state index in [4.69, 9.17) is 9.84 Å². The molecule has 6 nitrogen and oxygen atoms in total. The monoisotopic (exact) mass is 417 g/mol. The number of sulfonamides is 1. The van der Waals surface area contributed by atoms with Gasteiger partial charge in [-0.25, -0.2) is 17.6 Å². The smallest absolute Gasteiger partial charge is 0.337 e. The molecule has 128 valence electrons. The SMILES string of the molecule is CCOc1ccc(Br)cc1S(=O)(=O)Nc1ccc(F)cc1C(=O)O. The van der Waals surface area contributed by atoms with Gasteiger partial charge < -0.3 is 9.84 Å². The van der Waals surface area contributed by atoms with Crippen molar-refractivity contribution in [1.82, 2.24) is 0 Å². The van der Waals surface area contributed by atoms with Gasteiger partial charge in [0.25, 0.3) is 10.0 Å². The summed E-state index contributed by atoms with van der Waals surface area (Å²) in [6, 6.07) is 7.18. The number of ether oxygens (including phenoxy) is 1. The summed E-state index contributed by atoms with van der Waals surface area (Å²) in [6.07, 6.45) is 0. The maximum Gasteiger partial charge on any atom is 0.337 e. The minimum atomic E-state index is -4.15. The number of aromatic carboxylic acids is 1. The average molecular weight is 418 g/mol. The number of hydrogen-bond donors (Lipinski definition) is 2. The van der Waals surface area contributed by atoms with Gasteiger partial charge in [-0.2, -0.15) is 0 Å². The summed E-state index contributed by atoms with van der Waals surface area (Å²) in [5.41, 5.74) is -0.738. The van der Waals surface area contributed by atoms with Gasteiger partial charge in [0.15, 0.2) is 0 Å². The predicted octanol–water partition coefficient (Wildman–Crippen LogP) is 3.49. The van der Waals surface area contributed by atoms with Crippen LogP contribution in [0.15, 0.2) is 45.8 Å². The van der Waals surface area contributed by atoms with E-state index in [1.54, 1.807) is 13.0 Å². The lowest BCUT2D eigenvalue weighted by molar-refractivity contribution is 0.0697. The number of anilines is 1. The van der Waals surface area contributed by atoms with E-state index < -0.39 is 27.4 Å². The third-order valence-electron chi connectivity index (χ3n) is 2.95. The van der Waals surface area contributed by atoms with Gasteiger partial charge in [0.1, 0.15) is 16.5 Å². The molecule has 0 amide bonds. The summed E-state index contributed by atoms with van der Waals surface area (Å²) in [5, 5.41) is 9.11. The fourth-order valence-electron chi connectivity index (χ4n) is 1.95. The molecule has 0 saturated heterocycles. The maximum absolute atomic E-state index is 13.2. The Morgan fingerprint density at radius 1 is 1.29 bits per heavy atom. The van der Waals surface area contributed by atoms with Crippen molar-refractivity contribution in [2.75, 3.05) is 11.3 Å². The average Bonchev–Trinajstić information content (AvgIpc) is 2.50. The Labute approximate surface area is 146 Å². The van der Waals surface area contributed by atoms with E-state index >= 15 is 0 Å². The molecule has 0 saturated carbocycles. The molecule has 0 aliphatic rings. The van der Waals surface area contributed by atoms with E-state index in [-0.39, 0.29) is 22.9 Å². The van der Waals surface area contributed by atoms with Gasteiger partial charge in [-0.1, -0.05) is 15.9 Å². The highest BCUT2D eigenvalue weighted by atomic mass is 79.9. The number of carbonyl (C=O) groups is 1. The fourth-order valence-corrected chi connectivity index (χ4v) is 3.71. The normalized spacial score (nSPS) is 11.1. The Hall–Kier alpha value is -2.13. The van der Waals surface area contributed by atoms with Crippen LogP contribution in [0.25, 0.3) is 0 Å². The van der Waals surface area contributed by atoms with E-state index in [9.17, 15) is 17.6 Å². The second-order valence-corrected chi connectivity index (χ2v) is 7.19. The third kappa shape index (κ3) is 4.04. The van der Waals surface area contributed by atoms with Crippen LogP contribution in [0, 0.1) is 5.82 Å². The van der Waals surface area contributed by atoms with Crippen molar-refractivity contribution in [2.24, 2.45) is 0 Å². The summed E-state index contributed by atoms with van der Waals surface area (Å²) in [6.45, 7) is 1.95.